The summed E-state index contributed by atoms with van der Waals surface area (Å²) in [4.78, 5) is 10.9. The first kappa shape index (κ1) is 9.59. The molecule has 15 heavy (non-hydrogen) atoms. The highest BCUT2D eigenvalue weighted by atomic mass is 79.9. The first-order chi connectivity index (χ1) is 7.27. The molecule has 0 aliphatic heterocycles. The molecule has 3 rings (SSSR count). The lowest BCUT2D eigenvalue weighted by Crippen LogP contribution is -2.13. The Hall–Kier alpha value is -0.630. The van der Waals surface area contributed by atoms with Gasteiger partial charge in [-0.15, -0.1) is 0 Å². The maximum Gasteiger partial charge on any atom is 0.124 e. The van der Waals surface area contributed by atoms with E-state index in [0.29, 0.717) is 0 Å². The maximum absolute atomic E-state index is 10.9. The molecule has 2 aliphatic rings. The van der Waals surface area contributed by atoms with Crippen LogP contribution in [0.1, 0.15) is 24.8 Å². The molecular formula is C13H13BrO. The Bertz CT molecular complexity index is 394. The van der Waals surface area contributed by atoms with Crippen LogP contribution in [-0.2, 0) is 10.2 Å². The van der Waals surface area contributed by atoms with E-state index in [9.17, 15) is 4.79 Å². The van der Waals surface area contributed by atoms with Gasteiger partial charge in [0.15, 0.2) is 0 Å². The molecule has 0 amide bonds. The summed E-state index contributed by atoms with van der Waals surface area (Å²) in [7, 11) is 0. The van der Waals surface area contributed by atoms with Gasteiger partial charge in [-0.1, -0.05) is 28.1 Å². The van der Waals surface area contributed by atoms with Gasteiger partial charge in [0.1, 0.15) is 6.29 Å². The Balaban J connectivity index is 1.97. The van der Waals surface area contributed by atoms with Crippen LogP contribution in [-0.4, -0.2) is 6.29 Å². The van der Waals surface area contributed by atoms with Crippen molar-refractivity contribution < 1.29 is 4.79 Å². The third kappa shape index (κ3) is 1.38. The second kappa shape index (κ2) is 3.18. The molecule has 2 aliphatic carbocycles. The van der Waals surface area contributed by atoms with Crippen LogP contribution >= 0.6 is 15.9 Å². The van der Waals surface area contributed by atoms with Gasteiger partial charge in [0.05, 0.1) is 0 Å². The van der Waals surface area contributed by atoms with Gasteiger partial charge in [0.2, 0.25) is 0 Å². The van der Waals surface area contributed by atoms with Crippen molar-refractivity contribution in [2.75, 3.05) is 0 Å². The van der Waals surface area contributed by atoms with E-state index in [-0.39, 0.29) is 11.3 Å². The monoisotopic (exact) mass is 264 g/mol. The number of halogens is 1. The lowest BCUT2D eigenvalue weighted by molar-refractivity contribution is -0.109. The number of hydrogen-bond donors (Lipinski definition) is 0. The first-order valence-electron chi connectivity index (χ1n) is 5.49. The van der Waals surface area contributed by atoms with Crippen molar-refractivity contribution in [3.8, 4) is 0 Å². The van der Waals surface area contributed by atoms with E-state index in [0.717, 1.165) is 23.1 Å². The van der Waals surface area contributed by atoms with Gasteiger partial charge < -0.3 is 4.79 Å². The molecule has 0 heterocycles. The van der Waals surface area contributed by atoms with E-state index < -0.39 is 0 Å². The van der Waals surface area contributed by atoms with Crippen LogP contribution < -0.4 is 0 Å². The van der Waals surface area contributed by atoms with Crippen LogP contribution in [0, 0.1) is 11.8 Å². The van der Waals surface area contributed by atoms with Crippen LogP contribution in [0.25, 0.3) is 0 Å². The maximum atomic E-state index is 10.9. The van der Waals surface area contributed by atoms with E-state index in [4.69, 9.17) is 0 Å². The normalized spacial score (nSPS) is 33.8. The third-order valence-electron chi connectivity index (χ3n) is 3.91. The van der Waals surface area contributed by atoms with Crippen LogP contribution in [0.2, 0.25) is 0 Å². The average Bonchev–Trinajstić information content (AvgIpc) is 3.12. The summed E-state index contributed by atoms with van der Waals surface area (Å²) < 4.78 is 1.11. The van der Waals surface area contributed by atoms with Gasteiger partial charge in [-0.3, -0.25) is 0 Å². The standard InChI is InChI=1S/C13H13BrO/c14-12-5-3-10(4-6-12)13(9-1-2-9)7-11(13)8-15/h3-6,8-9,11H,1-2,7H2. The predicted octanol–water partition coefficient (Wildman–Crippen LogP) is 3.32. The van der Waals surface area contributed by atoms with Crippen LogP contribution in [0.15, 0.2) is 28.7 Å². The molecule has 0 N–H and O–H groups in total. The molecule has 1 aromatic rings. The van der Waals surface area contributed by atoms with Crippen molar-refractivity contribution in [2.45, 2.75) is 24.7 Å². The molecule has 2 heteroatoms. The van der Waals surface area contributed by atoms with Crippen molar-refractivity contribution in [1.29, 1.82) is 0 Å². The highest BCUT2D eigenvalue weighted by Gasteiger charge is 2.62. The van der Waals surface area contributed by atoms with E-state index in [1.807, 2.05) is 0 Å². The first-order valence-corrected chi connectivity index (χ1v) is 6.28. The van der Waals surface area contributed by atoms with E-state index in [1.54, 1.807) is 0 Å². The Labute approximate surface area is 98.0 Å². The van der Waals surface area contributed by atoms with Crippen molar-refractivity contribution in [2.24, 2.45) is 11.8 Å². The average molecular weight is 265 g/mol. The van der Waals surface area contributed by atoms with Crippen molar-refractivity contribution in [3.05, 3.63) is 34.3 Å². The third-order valence-corrected chi connectivity index (χ3v) is 4.44. The highest BCUT2D eigenvalue weighted by Crippen LogP contribution is 2.65. The lowest BCUT2D eigenvalue weighted by atomic mass is 9.88. The zero-order valence-corrected chi connectivity index (χ0v) is 10.0. The zero-order chi connectivity index (χ0) is 10.5. The minimum atomic E-state index is 0.225. The fourth-order valence-corrected chi connectivity index (χ4v) is 3.13. The minimum Gasteiger partial charge on any atom is -0.303 e. The minimum absolute atomic E-state index is 0.225. The summed E-state index contributed by atoms with van der Waals surface area (Å²) in [6.07, 6.45) is 4.84. The van der Waals surface area contributed by atoms with Gasteiger partial charge >= 0.3 is 0 Å². The number of hydrogen-bond acceptors (Lipinski definition) is 1. The van der Waals surface area contributed by atoms with Gasteiger partial charge in [0.25, 0.3) is 0 Å². The molecule has 0 saturated heterocycles. The number of aldehydes is 1. The SMILES string of the molecule is O=CC1CC1(c1ccc(Br)cc1)C1CC1. The molecule has 2 unspecified atom stereocenters. The number of carbonyl (C=O) groups is 1. The Morgan fingerprint density at radius 1 is 1.27 bits per heavy atom. The number of benzene rings is 1. The van der Waals surface area contributed by atoms with E-state index >= 15 is 0 Å². The molecule has 0 spiro atoms. The largest absolute Gasteiger partial charge is 0.303 e. The molecular weight excluding hydrogens is 252 g/mol. The summed E-state index contributed by atoms with van der Waals surface area (Å²) in [6.45, 7) is 0. The second-order valence-corrected chi connectivity index (χ2v) is 5.68. The van der Waals surface area contributed by atoms with E-state index in [1.165, 1.54) is 18.4 Å². The smallest absolute Gasteiger partial charge is 0.124 e. The molecule has 1 nitrogen and oxygen atoms in total. The molecule has 78 valence electrons. The molecule has 0 aromatic heterocycles. The summed E-state index contributed by atoms with van der Waals surface area (Å²) in [5, 5.41) is 0. The molecule has 2 saturated carbocycles. The summed E-state index contributed by atoms with van der Waals surface area (Å²) in [6, 6.07) is 8.51. The molecule has 2 atom stereocenters. The van der Waals surface area contributed by atoms with Crippen molar-refractivity contribution in [1.82, 2.24) is 0 Å². The van der Waals surface area contributed by atoms with Crippen LogP contribution in [0.3, 0.4) is 0 Å². The van der Waals surface area contributed by atoms with E-state index in [2.05, 4.69) is 40.2 Å². The summed E-state index contributed by atoms with van der Waals surface area (Å²) >= 11 is 3.45. The molecule has 1 aromatic carbocycles. The molecule has 0 bridgehead atoms. The summed E-state index contributed by atoms with van der Waals surface area (Å²) in [5.41, 5.74) is 1.59. The van der Waals surface area contributed by atoms with Gasteiger partial charge in [-0.05, 0) is 42.9 Å². The Morgan fingerprint density at radius 3 is 2.40 bits per heavy atom. The Kier molecular flexibility index (Phi) is 2.03. The summed E-state index contributed by atoms with van der Waals surface area (Å²) in [5.74, 6) is 1.06. The van der Waals surface area contributed by atoms with Gasteiger partial charge in [-0.2, -0.15) is 0 Å². The van der Waals surface area contributed by atoms with Crippen molar-refractivity contribution in [3.63, 3.8) is 0 Å². The van der Waals surface area contributed by atoms with Crippen LogP contribution in [0.4, 0.5) is 0 Å². The van der Waals surface area contributed by atoms with Gasteiger partial charge in [-0.25, -0.2) is 0 Å². The van der Waals surface area contributed by atoms with Crippen molar-refractivity contribution >= 4 is 22.2 Å². The fraction of sp³-hybridized carbons (Fsp3) is 0.462. The van der Waals surface area contributed by atoms with Crippen LogP contribution in [0.5, 0.6) is 0 Å². The number of rotatable bonds is 3. The quantitative estimate of drug-likeness (QED) is 0.766. The topological polar surface area (TPSA) is 17.1 Å². The lowest BCUT2D eigenvalue weighted by Gasteiger charge is -2.15. The second-order valence-electron chi connectivity index (χ2n) is 4.77. The predicted molar refractivity (Wildman–Crippen MR) is 62.7 cm³/mol. The zero-order valence-electron chi connectivity index (χ0n) is 8.45. The van der Waals surface area contributed by atoms with Gasteiger partial charge in [0, 0.05) is 15.8 Å². The molecule has 2 fully saturated rings. The molecule has 0 radical (unpaired) electrons. The Morgan fingerprint density at radius 2 is 1.93 bits per heavy atom. The fourth-order valence-electron chi connectivity index (χ4n) is 2.87. The highest BCUT2D eigenvalue weighted by molar-refractivity contribution is 9.10. The number of carbonyl (C=O) groups excluding carboxylic acids is 1.